The van der Waals surface area contributed by atoms with Crippen LogP contribution in [0.1, 0.15) is 25.3 Å². The Morgan fingerprint density at radius 2 is 2.11 bits per heavy atom. The van der Waals surface area contributed by atoms with Crippen molar-refractivity contribution in [1.29, 1.82) is 0 Å². The van der Waals surface area contributed by atoms with Gasteiger partial charge in [-0.3, -0.25) is 0 Å². The van der Waals surface area contributed by atoms with Crippen LogP contribution in [0, 0.1) is 0 Å². The molecule has 1 aromatic rings. The van der Waals surface area contributed by atoms with Crippen molar-refractivity contribution in [3.05, 3.63) is 22.8 Å². The summed E-state index contributed by atoms with van der Waals surface area (Å²) in [7, 11) is 0. The summed E-state index contributed by atoms with van der Waals surface area (Å²) < 4.78 is 37.1. The van der Waals surface area contributed by atoms with Gasteiger partial charge in [0.1, 0.15) is 5.82 Å². The van der Waals surface area contributed by atoms with Gasteiger partial charge in [0.25, 0.3) is 0 Å². The smallest absolute Gasteiger partial charge is 0.369 e. The van der Waals surface area contributed by atoms with E-state index >= 15 is 0 Å². The van der Waals surface area contributed by atoms with Crippen molar-refractivity contribution >= 4 is 29.0 Å². The molecule has 0 fully saturated rings. The third-order valence-corrected chi connectivity index (χ3v) is 3.18. The largest absolute Gasteiger partial charge is 0.417 e. The molecule has 2 nitrogen and oxygen atoms in total. The van der Waals surface area contributed by atoms with Crippen molar-refractivity contribution in [3.8, 4) is 0 Å². The minimum absolute atomic E-state index is 0.0331. The minimum atomic E-state index is -4.43. The van der Waals surface area contributed by atoms with Gasteiger partial charge in [0.05, 0.1) is 10.6 Å². The fourth-order valence-electron chi connectivity index (χ4n) is 1.27. The second kappa shape index (κ2) is 6.48. The van der Waals surface area contributed by atoms with E-state index in [2.05, 4.69) is 10.3 Å². The van der Waals surface area contributed by atoms with Crippen LogP contribution in [0.25, 0.3) is 0 Å². The van der Waals surface area contributed by atoms with Gasteiger partial charge >= 0.3 is 6.18 Å². The van der Waals surface area contributed by atoms with Crippen LogP contribution >= 0.6 is 23.2 Å². The van der Waals surface area contributed by atoms with Gasteiger partial charge in [-0.2, -0.15) is 13.2 Å². The summed E-state index contributed by atoms with van der Waals surface area (Å²) in [6.07, 6.45) is -2.15. The lowest BCUT2D eigenvalue weighted by Gasteiger charge is -2.11. The van der Waals surface area contributed by atoms with Gasteiger partial charge in [-0.25, -0.2) is 4.98 Å². The van der Waals surface area contributed by atoms with Gasteiger partial charge in [-0.1, -0.05) is 18.5 Å². The first kappa shape index (κ1) is 15.4. The summed E-state index contributed by atoms with van der Waals surface area (Å²) in [6.45, 7) is 2.47. The average molecular weight is 301 g/mol. The van der Waals surface area contributed by atoms with Gasteiger partial charge in [-0.05, 0) is 18.9 Å². The Labute approximate surface area is 113 Å². The first-order valence-corrected chi connectivity index (χ1v) is 6.26. The third kappa shape index (κ3) is 4.53. The van der Waals surface area contributed by atoms with Crippen molar-refractivity contribution in [2.24, 2.45) is 0 Å². The Kier molecular flexibility index (Phi) is 5.53. The highest BCUT2D eigenvalue weighted by atomic mass is 35.5. The molecule has 0 spiro atoms. The zero-order valence-corrected chi connectivity index (χ0v) is 11.2. The molecule has 0 saturated heterocycles. The van der Waals surface area contributed by atoms with E-state index in [4.69, 9.17) is 23.2 Å². The van der Waals surface area contributed by atoms with Crippen LogP contribution in [-0.2, 0) is 6.18 Å². The number of aromatic nitrogens is 1. The quantitative estimate of drug-likeness (QED) is 0.806. The molecule has 0 bridgehead atoms. The molecule has 1 N–H and O–H groups in total. The number of halogens is 5. The van der Waals surface area contributed by atoms with E-state index in [1.54, 1.807) is 0 Å². The number of nitrogens with zero attached hydrogens (tertiary/aromatic N) is 1. The fraction of sp³-hybridized carbons (Fsp3) is 0.545. The van der Waals surface area contributed by atoms with Crippen LogP contribution in [0.5, 0.6) is 0 Å². The molecule has 0 amide bonds. The van der Waals surface area contributed by atoms with Gasteiger partial charge in [0.2, 0.25) is 0 Å². The maximum atomic E-state index is 12.4. The average Bonchev–Trinajstić information content (AvgIpc) is 2.29. The van der Waals surface area contributed by atoms with Gasteiger partial charge < -0.3 is 5.32 Å². The summed E-state index contributed by atoms with van der Waals surface area (Å²) in [4.78, 5) is 3.66. The molecule has 0 radical (unpaired) electrons. The molecule has 102 valence electrons. The van der Waals surface area contributed by atoms with Crippen LogP contribution < -0.4 is 5.32 Å². The fourth-order valence-corrected chi connectivity index (χ4v) is 1.62. The lowest BCUT2D eigenvalue weighted by atomic mass is 10.2. The lowest BCUT2D eigenvalue weighted by Crippen LogP contribution is -2.11. The molecule has 1 unspecified atom stereocenters. The van der Waals surface area contributed by atoms with E-state index in [1.807, 2.05) is 6.92 Å². The van der Waals surface area contributed by atoms with Crippen molar-refractivity contribution in [3.63, 3.8) is 0 Å². The topological polar surface area (TPSA) is 24.9 Å². The molecule has 0 aliphatic rings. The van der Waals surface area contributed by atoms with Gasteiger partial charge in [0.15, 0.2) is 0 Å². The second-order valence-electron chi connectivity index (χ2n) is 3.77. The standard InChI is InChI=1S/C11H13Cl2F3N2/c1-2-8(12)3-4-17-10-9(13)5-7(6-18-10)11(14,15)16/h5-6,8H,2-4H2,1H3,(H,17,18). The maximum Gasteiger partial charge on any atom is 0.417 e. The summed E-state index contributed by atoms with van der Waals surface area (Å²) in [5.74, 6) is 0.240. The number of hydrogen-bond donors (Lipinski definition) is 1. The first-order chi connectivity index (χ1) is 8.34. The summed E-state index contributed by atoms with van der Waals surface area (Å²) in [5.41, 5.74) is -0.859. The Balaban J connectivity index is 2.63. The van der Waals surface area contributed by atoms with Crippen LogP contribution in [0.4, 0.5) is 19.0 Å². The summed E-state index contributed by atoms with van der Waals surface area (Å²) in [5, 5.41) is 2.85. The molecule has 0 aliphatic carbocycles. The number of rotatable bonds is 5. The zero-order valence-electron chi connectivity index (χ0n) is 9.69. The van der Waals surface area contributed by atoms with E-state index in [-0.39, 0.29) is 16.2 Å². The van der Waals surface area contributed by atoms with E-state index in [0.717, 1.165) is 18.7 Å². The van der Waals surface area contributed by atoms with Crippen LogP contribution in [0.2, 0.25) is 5.02 Å². The molecule has 7 heteroatoms. The van der Waals surface area contributed by atoms with Crippen molar-refractivity contribution in [2.45, 2.75) is 31.3 Å². The molecule has 1 heterocycles. The molecular weight excluding hydrogens is 288 g/mol. The van der Waals surface area contributed by atoms with E-state index < -0.39 is 11.7 Å². The number of nitrogens with one attached hydrogen (secondary N) is 1. The van der Waals surface area contributed by atoms with Crippen LogP contribution in [-0.4, -0.2) is 16.9 Å². The molecule has 0 aromatic carbocycles. The monoisotopic (exact) mass is 300 g/mol. The Hall–Kier alpha value is -0.680. The second-order valence-corrected chi connectivity index (χ2v) is 4.80. The third-order valence-electron chi connectivity index (χ3n) is 2.36. The minimum Gasteiger partial charge on any atom is -0.369 e. The van der Waals surface area contributed by atoms with E-state index in [0.29, 0.717) is 13.0 Å². The predicted octanol–water partition coefficient (Wildman–Crippen LogP) is 4.57. The van der Waals surface area contributed by atoms with Crippen LogP contribution in [0.15, 0.2) is 12.3 Å². The predicted molar refractivity (Wildman–Crippen MR) is 67.3 cm³/mol. The number of alkyl halides is 4. The normalized spacial score (nSPS) is 13.4. The molecule has 18 heavy (non-hydrogen) atoms. The highest BCUT2D eigenvalue weighted by molar-refractivity contribution is 6.32. The Bertz CT molecular complexity index is 396. The van der Waals surface area contributed by atoms with Crippen LogP contribution in [0.3, 0.4) is 0 Å². The Morgan fingerprint density at radius 3 is 2.61 bits per heavy atom. The van der Waals surface area contributed by atoms with Crippen molar-refractivity contribution < 1.29 is 13.2 Å². The number of hydrogen-bond acceptors (Lipinski definition) is 2. The molecular formula is C11H13Cl2F3N2. The van der Waals surface area contributed by atoms with E-state index in [9.17, 15) is 13.2 Å². The maximum absolute atomic E-state index is 12.4. The molecule has 0 aliphatic heterocycles. The number of pyridine rings is 1. The highest BCUT2D eigenvalue weighted by Gasteiger charge is 2.31. The summed E-state index contributed by atoms with van der Waals surface area (Å²) in [6, 6.07) is 0.856. The Morgan fingerprint density at radius 1 is 1.44 bits per heavy atom. The lowest BCUT2D eigenvalue weighted by molar-refractivity contribution is -0.137. The van der Waals surface area contributed by atoms with Crippen molar-refractivity contribution in [1.82, 2.24) is 4.98 Å². The SMILES string of the molecule is CCC(Cl)CCNc1ncc(C(F)(F)F)cc1Cl. The van der Waals surface area contributed by atoms with Gasteiger partial charge in [0, 0.05) is 18.1 Å². The zero-order chi connectivity index (χ0) is 13.8. The van der Waals surface area contributed by atoms with Crippen molar-refractivity contribution in [2.75, 3.05) is 11.9 Å². The molecule has 1 atom stereocenters. The molecule has 1 rings (SSSR count). The highest BCUT2D eigenvalue weighted by Crippen LogP contribution is 2.32. The molecule has 0 saturated carbocycles. The molecule has 1 aromatic heterocycles. The first-order valence-electron chi connectivity index (χ1n) is 5.45. The van der Waals surface area contributed by atoms with Gasteiger partial charge in [-0.15, -0.1) is 11.6 Å². The number of anilines is 1. The summed E-state index contributed by atoms with van der Waals surface area (Å²) >= 11 is 11.6. The van der Waals surface area contributed by atoms with E-state index in [1.165, 1.54) is 0 Å².